The molecule has 0 aliphatic rings. The molecular formula is C18H15BrN2O3. The van der Waals surface area contributed by atoms with Crippen LogP contribution in [0.2, 0.25) is 0 Å². The van der Waals surface area contributed by atoms with Gasteiger partial charge in [0.05, 0.1) is 4.47 Å². The summed E-state index contributed by atoms with van der Waals surface area (Å²) in [7, 11) is 1.73. The number of benzene rings is 1. The number of hydrogen-bond acceptors (Lipinski definition) is 4. The first-order valence-electron chi connectivity index (χ1n) is 7.30. The van der Waals surface area contributed by atoms with E-state index in [1.54, 1.807) is 31.5 Å². The van der Waals surface area contributed by atoms with Crippen molar-refractivity contribution in [3.63, 3.8) is 0 Å². The van der Waals surface area contributed by atoms with Crippen LogP contribution in [0.3, 0.4) is 0 Å². The predicted molar refractivity (Wildman–Crippen MR) is 93.8 cm³/mol. The topological polar surface area (TPSA) is 57.3 Å². The van der Waals surface area contributed by atoms with Gasteiger partial charge in [0.15, 0.2) is 0 Å². The summed E-state index contributed by atoms with van der Waals surface area (Å²) in [5, 5.41) is 3.98. The molecule has 0 saturated heterocycles. The molecule has 0 fully saturated rings. The summed E-state index contributed by atoms with van der Waals surface area (Å²) < 4.78 is 13.8. The average molecular weight is 387 g/mol. The highest BCUT2D eigenvalue weighted by Gasteiger charge is 2.07. The van der Waals surface area contributed by atoms with Gasteiger partial charge in [-0.05, 0) is 58.4 Å². The minimum atomic E-state index is -0.127. The van der Waals surface area contributed by atoms with Gasteiger partial charge in [0.2, 0.25) is 5.78 Å². The van der Waals surface area contributed by atoms with Crippen molar-refractivity contribution in [1.82, 2.24) is 9.78 Å². The fourth-order valence-corrected chi connectivity index (χ4v) is 2.53. The number of hydrogen-bond donors (Lipinski definition) is 0. The van der Waals surface area contributed by atoms with E-state index in [2.05, 4.69) is 21.0 Å². The maximum atomic E-state index is 12.0. The third-order valence-corrected chi connectivity index (χ3v) is 4.02. The van der Waals surface area contributed by atoms with Crippen LogP contribution in [-0.4, -0.2) is 15.6 Å². The Morgan fingerprint density at radius 1 is 1.29 bits per heavy atom. The number of aromatic nitrogens is 2. The van der Waals surface area contributed by atoms with Crippen molar-refractivity contribution in [2.75, 3.05) is 0 Å². The average Bonchev–Trinajstić information content (AvgIpc) is 3.21. The second kappa shape index (κ2) is 7.31. The fraction of sp³-hybridized carbons (Fsp3) is 0.111. The summed E-state index contributed by atoms with van der Waals surface area (Å²) in [4.78, 5) is 12.0. The van der Waals surface area contributed by atoms with Gasteiger partial charge in [-0.1, -0.05) is 12.1 Å². The van der Waals surface area contributed by atoms with E-state index in [1.165, 1.54) is 10.8 Å². The fourth-order valence-electron chi connectivity index (χ4n) is 2.13. The Hall–Kier alpha value is -2.60. The Bertz CT molecular complexity index is 880. The van der Waals surface area contributed by atoms with Gasteiger partial charge in [0.1, 0.15) is 29.6 Å². The van der Waals surface area contributed by atoms with Crippen LogP contribution in [0.25, 0.3) is 6.08 Å². The molecule has 0 spiro atoms. The first kappa shape index (κ1) is 16.3. The smallest absolute Gasteiger partial charge is 0.203 e. The van der Waals surface area contributed by atoms with E-state index in [0.717, 1.165) is 10.2 Å². The van der Waals surface area contributed by atoms with Gasteiger partial charge in [0, 0.05) is 13.2 Å². The lowest BCUT2D eigenvalue weighted by molar-refractivity contribution is 0.103. The SMILES string of the molecule is Cn1nccc1C(=O)/C=C/c1ccc(COc2ccccc2Br)o1. The Morgan fingerprint density at radius 2 is 2.12 bits per heavy atom. The van der Waals surface area contributed by atoms with Gasteiger partial charge in [-0.25, -0.2) is 0 Å². The van der Waals surface area contributed by atoms with Crippen LogP contribution in [0.4, 0.5) is 0 Å². The number of halogens is 1. The molecule has 2 aromatic heterocycles. The Morgan fingerprint density at radius 3 is 2.88 bits per heavy atom. The molecule has 5 nitrogen and oxygen atoms in total. The molecule has 0 aliphatic carbocycles. The van der Waals surface area contributed by atoms with Crippen molar-refractivity contribution in [3.8, 4) is 5.75 Å². The molecule has 1 aromatic carbocycles. The van der Waals surface area contributed by atoms with Gasteiger partial charge < -0.3 is 9.15 Å². The zero-order valence-corrected chi connectivity index (χ0v) is 14.6. The van der Waals surface area contributed by atoms with Crippen LogP contribution >= 0.6 is 15.9 Å². The summed E-state index contributed by atoms with van der Waals surface area (Å²) in [5.74, 6) is 1.89. The normalized spacial score (nSPS) is 11.1. The lowest BCUT2D eigenvalue weighted by Gasteiger charge is -2.05. The van der Waals surface area contributed by atoms with Crippen molar-refractivity contribution in [3.05, 3.63) is 76.4 Å². The van der Waals surface area contributed by atoms with Crippen LogP contribution in [0.1, 0.15) is 22.0 Å². The molecule has 3 rings (SSSR count). The molecule has 0 radical (unpaired) electrons. The quantitative estimate of drug-likeness (QED) is 0.469. The molecule has 0 bridgehead atoms. The molecule has 0 N–H and O–H groups in total. The minimum Gasteiger partial charge on any atom is -0.484 e. The van der Waals surface area contributed by atoms with Crippen LogP contribution < -0.4 is 4.74 Å². The van der Waals surface area contributed by atoms with E-state index in [4.69, 9.17) is 9.15 Å². The lowest BCUT2D eigenvalue weighted by atomic mass is 10.2. The second-order valence-electron chi connectivity index (χ2n) is 5.06. The number of carbonyl (C=O) groups excluding carboxylic acids is 1. The van der Waals surface area contributed by atoms with Crippen molar-refractivity contribution < 1.29 is 13.9 Å². The Kier molecular flexibility index (Phi) is 4.96. The monoisotopic (exact) mass is 386 g/mol. The number of ether oxygens (including phenoxy) is 1. The second-order valence-corrected chi connectivity index (χ2v) is 5.92. The van der Waals surface area contributed by atoms with E-state index in [1.807, 2.05) is 30.3 Å². The summed E-state index contributed by atoms with van der Waals surface area (Å²) >= 11 is 3.43. The maximum Gasteiger partial charge on any atom is 0.203 e. The van der Waals surface area contributed by atoms with Crippen LogP contribution in [0.5, 0.6) is 5.75 Å². The van der Waals surface area contributed by atoms with Crippen molar-refractivity contribution in [2.45, 2.75) is 6.61 Å². The number of furan rings is 1. The molecule has 0 saturated carbocycles. The van der Waals surface area contributed by atoms with Gasteiger partial charge in [-0.3, -0.25) is 9.48 Å². The van der Waals surface area contributed by atoms with E-state index in [9.17, 15) is 4.79 Å². The molecule has 0 atom stereocenters. The highest BCUT2D eigenvalue weighted by molar-refractivity contribution is 9.10. The molecular weight excluding hydrogens is 372 g/mol. The summed E-state index contributed by atoms with van der Waals surface area (Å²) in [6.45, 7) is 0.312. The third-order valence-electron chi connectivity index (χ3n) is 3.36. The summed E-state index contributed by atoms with van der Waals surface area (Å²) in [5.41, 5.74) is 0.523. The number of nitrogens with zero attached hydrogens (tertiary/aromatic N) is 2. The highest BCUT2D eigenvalue weighted by atomic mass is 79.9. The van der Waals surface area contributed by atoms with Crippen molar-refractivity contribution in [1.29, 1.82) is 0 Å². The number of para-hydroxylation sites is 1. The molecule has 6 heteroatoms. The van der Waals surface area contributed by atoms with Gasteiger partial charge in [-0.2, -0.15) is 5.10 Å². The molecule has 0 amide bonds. The summed E-state index contributed by atoms with van der Waals surface area (Å²) in [6.07, 6.45) is 4.69. The number of allylic oxidation sites excluding steroid dienone is 1. The molecule has 2 heterocycles. The zero-order chi connectivity index (χ0) is 16.9. The van der Waals surface area contributed by atoms with Crippen molar-refractivity contribution >= 4 is 27.8 Å². The zero-order valence-electron chi connectivity index (χ0n) is 13.0. The molecule has 122 valence electrons. The van der Waals surface area contributed by atoms with E-state index in [0.29, 0.717) is 23.8 Å². The number of aryl methyl sites for hydroxylation is 1. The molecule has 0 unspecified atom stereocenters. The lowest BCUT2D eigenvalue weighted by Crippen LogP contribution is -2.03. The largest absolute Gasteiger partial charge is 0.484 e. The van der Waals surface area contributed by atoms with Gasteiger partial charge >= 0.3 is 0 Å². The third kappa shape index (κ3) is 3.83. The van der Waals surface area contributed by atoms with E-state index >= 15 is 0 Å². The molecule has 3 aromatic rings. The maximum absolute atomic E-state index is 12.0. The van der Waals surface area contributed by atoms with Crippen LogP contribution in [0.15, 0.2) is 63.6 Å². The molecule has 0 aliphatic heterocycles. The Balaban J connectivity index is 1.61. The van der Waals surface area contributed by atoms with Crippen LogP contribution in [0, 0.1) is 0 Å². The highest BCUT2D eigenvalue weighted by Crippen LogP contribution is 2.25. The number of ketones is 1. The van der Waals surface area contributed by atoms with E-state index in [-0.39, 0.29) is 5.78 Å². The predicted octanol–water partition coefficient (Wildman–Crippen LogP) is 4.25. The molecule has 24 heavy (non-hydrogen) atoms. The van der Waals surface area contributed by atoms with Crippen molar-refractivity contribution in [2.24, 2.45) is 7.05 Å². The summed E-state index contributed by atoms with van der Waals surface area (Å²) in [6, 6.07) is 12.9. The number of rotatable bonds is 6. The van der Waals surface area contributed by atoms with Gasteiger partial charge in [0.25, 0.3) is 0 Å². The standard InChI is InChI=1S/C18H15BrN2O3/c1-21-16(10-11-20-21)17(22)9-8-13-6-7-14(24-13)12-23-18-5-3-2-4-15(18)19/h2-11H,12H2,1H3/b9-8+. The first-order chi connectivity index (χ1) is 11.6. The van der Waals surface area contributed by atoms with Crippen LogP contribution in [-0.2, 0) is 13.7 Å². The van der Waals surface area contributed by atoms with E-state index < -0.39 is 0 Å². The Labute approximate surface area is 147 Å². The minimum absolute atomic E-state index is 0.127. The number of carbonyl (C=O) groups is 1. The van der Waals surface area contributed by atoms with Gasteiger partial charge in [-0.15, -0.1) is 0 Å². The first-order valence-corrected chi connectivity index (χ1v) is 8.09.